The van der Waals surface area contributed by atoms with E-state index in [-0.39, 0.29) is 11.7 Å². The number of benzene rings is 3. The van der Waals surface area contributed by atoms with E-state index >= 15 is 0 Å². The molecule has 0 aliphatic heterocycles. The van der Waals surface area contributed by atoms with Crippen molar-refractivity contribution in [1.29, 1.82) is 0 Å². The van der Waals surface area contributed by atoms with Gasteiger partial charge in [0.05, 0.1) is 0 Å². The van der Waals surface area contributed by atoms with Crippen LogP contribution in [-0.4, -0.2) is 20.7 Å². The van der Waals surface area contributed by atoms with Crippen molar-refractivity contribution >= 4 is 23.4 Å². The van der Waals surface area contributed by atoms with Crippen molar-refractivity contribution in [3.8, 4) is 0 Å². The number of nitrogens with one attached hydrogen (secondary N) is 1. The molecule has 1 aromatic heterocycles. The topological polar surface area (TPSA) is 59.8 Å². The zero-order valence-electron chi connectivity index (χ0n) is 17.6. The third-order valence-corrected chi connectivity index (χ3v) is 6.23. The van der Waals surface area contributed by atoms with Crippen molar-refractivity contribution in [2.75, 3.05) is 5.32 Å². The van der Waals surface area contributed by atoms with Crippen LogP contribution in [0.25, 0.3) is 0 Å². The predicted molar refractivity (Wildman–Crippen MR) is 125 cm³/mol. The first-order valence-electron chi connectivity index (χ1n) is 10.4. The number of hydrogen-bond donors (Lipinski definition) is 1. The fourth-order valence-corrected chi connectivity index (χ4v) is 4.50. The molecule has 1 N–H and O–H groups in total. The zero-order chi connectivity index (χ0) is 22.3. The SMILES string of the molecule is CCn1c(Cc2ccccc2)nnc1S[C@@H](C(=O)Nc1ccc(F)cc1)c1ccccc1. The van der Waals surface area contributed by atoms with E-state index in [0.717, 1.165) is 17.0 Å². The van der Waals surface area contributed by atoms with Crippen molar-refractivity contribution in [3.63, 3.8) is 0 Å². The number of carbonyl (C=O) groups excluding carboxylic acids is 1. The van der Waals surface area contributed by atoms with Crippen LogP contribution in [0, 0.1) is 5.82 Å². The van der Waals surface area contributed by atoms with Crippen molar-refractivity contribution in [3.05, 3.63) is 108 Å². The summed E-state index contributed by atoms with van der Waals surface area (Å²) >= 11 is 1.36. The Kier molecular flexibility index (Phi) is 6.97. The van der Waals surface area contributed by atoms with Gasteiger partial charge in [0.2, 0.25) is 5.91 Å². The molecule has 32 heavy (non-hydrogen) atoms. The van der Waals surface area contributed by atoms with Crippen LogP contribution in [0.15, 0.2) is 90.1 Å². The highest BCUT2D eigenvalue weighted by atomic mass is 32.2. The van der Waals surface area contributed by atoms with E-state index in [1.54, 1.807) is 12.1 Å². The van der Waals surface area contributed by atoms with Crippen LogP contribution in [-0.2, 0) is 17.8 Å². The number of anilines is 1. The molecule has 3 aromatic carbocycles. The van der Waals surface area contributed by atoms with E-state index in [4.69, 9.17) is 0 Å². The lowest BCUT2D eigenvalue weighted by Gasteiger charge is -2.17. The van der Waals surface area contributed by atoms with Gasteiger partial charge in [0, 0.05) is 18.7 Å². The second kappa shape index (κ2) is 10.2. The monoisotopic (exact) mass is 446 g/mol. The van der Waals surface area contributed by atoms with Gasteiger partial charge in [-0.1, -0.05) is 72.4 Å². The first-order valence-corrected chi connectivity index (χ1v) is 11.3. The number of hydrogen-bond acceptors (Lipinski definition) is 4. The Morgan fingerprint density at radius 1 is 0.969 bits per heavy atom. The van der Waals surface area contributed by atoms with Gasteiger partial charge < -0.3 is 9.88 Å². The Labute approximate surface area is 190 Å². The average Bonchev–Trinajstić information content (AvgIpc) is 3.21. The normalized spacial score (nSPS) is 11.8. The molecule has 0 aliphatic carbocycles. The Balaban J connectivity index is 1.60. The Morgan fingerprint density at radius 2 is 1.62 bits per heavy atom. The summed E-state index contributed by atoms with van der Waals surface area (Å²) in [4.78, 5) is 13.2. The summed E-state index contributed by atoms with van der Waals surface area (Å²) in [5, 5.41) is 11.8. The number of thioether (sulfide) groups is 1. The fourth-order valence-electron chi connectivity index (χ4n) is 3.38. The number of nitrogens with zero attached hydrogens (tertiary/aromatic N) is 3. The molecule has 5 nitrogen and oxygen atoms in total. The van der Waals surface area contributed by atoms with Gasteiger partial charge in [-0.15, -0.1) is 10.2 Å². The highest BCUT2D eigenvalue weighted by Gasteiger charge is 2.25. The molecule has 1 atom stereocenters. The minimum Gasteiger partial charge on any atom is -0.325 e. The van der Waals surface area contributed by atoms with Crippen molar-refractivity contribution in [1.82, 2.24) is 14.8 Å². The Bertz CT molecular complexity index is 1160. The number of amides is 1. The molecule has 162 valence electrons. The van der Waals surface area contributed by atoms with E-state index in [1.165, 1.54) is 23.9 Å². The van der Waals surface area contributed by atoms with E-state index in [9.17, 15) is 9.18 Å². The van der Waals surface area contributed by atoms with Crippen LogP contribution in [0.2, 0.25) is 0 Å². The van der Waals surface area contributed by atoms with Gasteiger partial charge in [-0.3, -0.25) is 4.79 Å². The van der Waals surface area contributed by atoms with Crippen molar-refractivity contribution in [2.45, 2.75) is 30.3 Å². The standard InChI is InChI=1S/C25H23FN4OS/c1-2-30-22(17-18-9-5-3-6-10-18)28-29-25(30)32-23(19-11-7-4-8-12-19)24(31)27-21-15-13-20(26)14-16-21/h3-16,23H,2,17H2,1H3,(H,27,31)/t23-/m1/s1. The number of aromatic nitrogens is 3. The summed E-state index contributed by atoms with van der Waals surface area (Å²) in [6.07, 6.45) is 0.667. The molecule has 0 radical (unpaired) electrons. The van der Waals surface area contributed by atoms with E-state index in [0.29, 0.717) is 23.8 Å². The van der Waals surface area contributed by atoms with Crippen LogP contribution in [0.3, 0.4) is 0 Å². The van der Waals surface area contributed by atoms with E-state index in [1.807, 2.05) is 60.0 Å². The smallest absolute Gasteiger partial charge is 0.242 e. The molecular weight excluding hydrogens is 423 g/mol. The van der Waals surface area contributed by atoms with Gasteiger partial charge in [0.25, 0.3) is 0 Å². The molecule has 7 heteroatoms. The molecule has 4 aromatic rings. The molecule has 0 bridgehead atoms. The average molecular weight is 447 g/mol. The maximum absolute atomic E-state index is 13.2. The third kappa shape index (κ3) is 5.23. The highest BCUT2D eigenvalue weighted by molar-refractivity contribution is 8.00. The lowest BCUT2D eigenvalue weighted by Crippen LogP contribution is -2.19. The maximum atomic E-state index is 13.2. The summed E-state index contributed by atoms with van der Waals surface area (Å²) < 4.78 is 15.3. The van der Waals surface area contributed by atoms with Gasteiger partial charge in [0.1, 0.15) is 16.9 Å². The fraction of sp³-hybridized carbons (Fsp3) is 0.160. The Hall–Kier alpha value is -3.45. The summed E-state index contributed by atoms with van der Waals surface area (Å²) in [6.45, 7) is 2.73. The molecule has 1 heterocycles. The third-order valence-electron chi connectivity index (χ3n) is 4.99. The highest BCUT2D eigenvalue weighted by Crippen LogP contribution is 2.36. The van der Waals surface area contributed by atoms with Crippen LogP contribution >= 0.6 is 11.8 Å². The van der Waals surface area contributed by atoms with Crippen molar-refractivity contribution < 1.29 is 9.18 Å². The number of carbonyl (C=O) groups is 1. The van der Waals surface area contributed by atoms with E-state index < -0.39 is 5.25 Å². The molecule has 1 amide bonds. The van der Waals surface area contributed by atoms with Gasteiger partial charge >= 0.3 is 0 Å². The first-order chi connectivity index (χ1) is 15.6. The zero-order valence-corrected chi connectivity index (χ0v) is 18.4. The lowest BCUT2D eigenvalue weighted by atomic mass is 10.1. The molecule has 0 unspecified atom stereocenters. The van der Waals surface area contributed by atoms with Gasteiger partial charge in [0.15, 0.2) is 5.16 Å². The molecule has 0 spiro atoms. The minimum absolute atomic E-state index is 0.205. The van der Waals surface area contributed by atoms with E-state index in [2.05, 4.69) is 27.6 Å². The summed E-state index contributed by atoms with van der Waals surface area (Å²) in [6, 6.07) is 25.4. The lowest BCUT2D eigenvalue weighted by molar-refractivity contribution is -0.115. The van der Waals surface area contributed by atoms with Crippen LogP contribution in [0.4, 0.5) is 10.1 Å². The second-order valence-corrected chi connectivity index (χ2v) is 8.28. The summed E-state index contributed by atoms with van der Waals surface area (Å²) in [5.74, 6) is 0.300. The molecule has 4 rings (SSSR count). The van der Waals surface area contributed by atoms with Crippen LogP contribution in [0.5, 0.6) is 0 Å². The first kappa shape index (κ1) is 21.8. The predicted octanol–water partition coefficient (Wildman–Crippen LogP) is 5.50. The number of halogens is 1. The summed E-state index contributed by atoms with van der Waals surface area (Å²) in [5.41, 5.74) is 2.55. The van der Waals surface area contributed by atoms with Crippen molar-refractivity contribution in [2.24, 2.45) is 0 Å². The Morgan fingerprint density at radius 3 is 2.28 bits per heavy atom. The van der Waals surface area contributed by atoms with Gasteiger partial charge in [-0.05, 0) is 42.3 Å². The van der Waals surface area contributed by atoms with Gasteiger partial charge in [-0.2, -0.15) is 0 Å². The molecular formula is C25H23FN4OS. The molecule has 0 saturated heterocycles. The minimum atomic E-state index is -0.541. The molecule has 0 aliphatic rings. The summed E-state index contributed by atoms with van der Waals surface area (Å²) in [7, 11) is 0. The quantitative estimate of drug-likeness (QED) is 0.363. The molecule has 0 fully saturated rings. The van der Waals surface area contributed by atoms with Gasteiger partial charge in [-0.25, -0.2) is 4.39 Å². The second-order valence-electron chi connectivity index (χ2n) is 7.21. The van der Waals surface area contributed by atoms with Crippen LogP contribution < -0.4 is 5.32 Å². The number of rotatable bonds is 8. The largest absolute Gasteiger partial charge is 0.325 e. The molecule has 0 saturated carbocycles. The van der Waals surface area contributed by atoms with Crippen LogP contribution in [0.1, 0.15) is 29.1 Å². The maximum Gasteiger partial charge on any atom is 0.242 e.